The van der Waals surface area contributed by atoms with E-state index in [1.807, 2.05) is 29.4 Å². The highest BCUT2D eigenvalue weighted by Crippen LogP contribution is 2.25. The molecule has 0 bridgehead atoms. The number of amides is 1. The fraction of sp³-hybridized carbons (Fsp3) is 0.348. The van der Waals surface area contributed by atoms with Gasteiger partial charge in [0, 0.05) is 45.1 Å². The average Bonchev–Trinajstić information content (AvgIpc) is 3.48. The van der Waals surface area contributed by atoms with Gasteiger partial charge in [0.05, 0.1) is 12.5 Å². The highest BCUT2D eigenvalue weighted by Gasteiger charge is 2.25. The Morgan fingerprint density at radius 2 is 1.80 bits per heavy atom. The fourth-order valence-corrected chi connectivity index (χ4v) is 4.46. The number of rotatable bonds is 8. The first-order valence-electron chi connectivity index (χ1n) is 10.2. The fourth-order valence-electron chi connectivity index (χ4n) is 3.75. The van der Waals surface area contributed by atoms with Gasteiger partial charge in [-0.15, -0.1) is 0 Å². The summed E-state index contributed by atoms with van der Waals surface area (Å²) in [7, 11) is 0. The van der Waals surface area contributed by atoms with Gasteiger partial charge in [-0.05, 0) is 58.8 Å². The van der Waals surface area contributed by atoms with E-state index in [0.717, 1.165) is 32.7 Å². The van der Waals surface area contributed by atoms with E-state index in [1.54, 1.807) is 23.5 Å². The zero-order valence-electron chi connectivity index (χ0n) is 16.8. The number of ether oxygens (including phenoxy) is 1. The molecule has 0 radical (unpaired) electrons. The minimum Gasteiger partial charge on any atom is -0.492 e. The third-order valence-electron chi connectivity index (χ3n) is 5.50. The van der Waals surface area contributed by atoms with Crippen LogP contribution in [0.2, 0.25) is 0 Å². The molecule has 1 aliphatic rings. The monoisotopic (exact) mass is 427 g/mol. The van der Waals surface area contributed by atoms with Crippen molar-refractivity contribution in [3.8, 4) is 5.75 Å². The largest absolute Gasteiger partial charge is 0.492 e. The van der Waals surface area contributed by atoms with Crippen molar-refractivity contribution in [2.75, 3.05) is 39.3 Å². The number of carbonyl (C=O) groups excluding carboxylic acids is 1. The summed E-state index contributed by atoms with van der Waals surface area (Å²) in [6, 6.07) is 12.2. The lowest BCUT2D eigenvalue weighted by Crippen LogP contribution is -2.49. The first-order valence-corrected chi connectivity index (χ1v) is 11.2. The second kappa shape index (κ2) is 9.91. The van der Waals surface area contributed by atoms with E-state index in [0.29, 0.717) is 18.8 Å². The van der Waals surface area contributed by atoms with Crippen molar-refractivity contribution in [2.45, 2.75) is 12.5 Å². The molecule has 158 valence electrons. The summed E-state index contributed by atoms with van der Waals surface area (Å²) in [6.07, 6.45) is 4.52. The molecule has 2 aromatic heterocycles. The van der Waals surface area contributed by atoms with Crippen LogP contribution in [0.1, 0.15) is 18.0 Å². The predicted octanol–water partition coefficient (Wildman–Crippen LogP) is 3.89. The summed E-state index contributed by atoms with van der Waals surface area (Å²) in [5.74, 6) is 0.609. The maximum atomic E-state index is 13.0. The summed E-state index contributed by atoms with van der Waals surface area (Å²) in [4.78, 5) is 17.2. The smallest absolute Gasteiger partial charge is 0.225 e. The number of hydrogen-bond donors (Lipinski definition) is 0. The summed E-state index contributed by atoms with van der Waals surface area (Å²) in [5, 5.41) is 4.18. The van der Waals surface area contributed by atoms with Gasteiger partial charge in [0.1, 0.15) is 18.2 Å². The van der Waals surface area contributed by atoms with Crippen molar-refractivity contribution in [2.24, 2.45) is 0 Å². The molecule has 1 amide bonds. The molecular formula is C23H26FN3O2S. The number of benzene rings is 1. The van der Waals surface area contributed by atoms with Crippen LogP contribution in [0, 0.1) is 5.82 Å². The Hall–Kier alpha value is -2.64. The molecule has 0 saturated carbocycles. The van der Waals surface area contributed by atoms with E-state index in [4.69, 9.17) is 4.74 Å². The van der Waals surface area contributed by atoms with Gasteiger partial charge in [0.15, 0.2) is 0 Å². The molecule has 3 heterocycles. The summed E-state index contributed by atoms with van der Waals surface area (Å²) in [5.41, 5.74) is 1.18. The van der Waals surface area contributed by atoms with Crippen molar-refractivity contribution >= 4 is 17.2 Å². The Morgan fingerprint density at radius 1 is 1.07 bits per heavy atom. The minimum atomic E-state index is -0.263. The number of aromatic nitrogens is 1. The number of hydrogen-bond acceptors (Lipinski definition) is 4. The molecule has 0 spiro atoms. The second-order valence-electron chi connectivity index (χ2n) is 7.43. The topological polar surface area (TPSA) is 37.7 Å². The van der Waals surface area contributed by atoms with Crippen LogP contribution in [0.4, 0.5) is 4.39 Å². The number of thiophene rings is 1. The molecule has 1 saturated heterocycles. The van der Waals surface area contributed by atoms with E-state index in [1.165, 1.54) is 17.7 Å². The van der Waals surface area contributed by atoms with Crippen LogP contribution in [0.25, 0.3) is 0 Å². The maximum Gasteiger partial charge on any atom is 0.225 e. The Morgan fingerprint density at radius 3 is 2.47 bits per heavy atom. The third-order valence-corrected chi connectivity index (χ3v) is 6.20. The first kappa shape index (κ1) is 20.6. The lowest BCUT2D eigenvalue weighted by molar-refractivity contribution is -0.133. The second-order valence-corrected chi connectivity index (χ2v) is 8.21. The third kappa shape index (κ3) is 5.29. The molecule has 5 nitrogen and oxygen atoms in total. The molecular weight excluding hydrogens is 401 g/mol. The van der Waals surface area contributed by atoms with Gasteiger partial charge >= 0.3 is 0 Å². The summed E-state index contributed by atoms with van der Waals surface area (Å²) < 4.78 is 20.7. The minimum absolute atomic E-state index is 0.0425. The van der Waals surface area contributed by atoms with Crippen molar-refractivity contribution in [3.05, 3.63) is 77.0 Å². The number of piperazine rings is 1. The standard InChI is InChI=1S/C23H26FN3O2S/c24-20-3-5-21(6-4-20)29-15-14-25-10-12-27(13-11-25)23(28)17-22(19-7-16-30-18-19)26-8-1-2-9-26/h1-9,16,18,22H,10-15,17H2. The highest BCUT2D eigenvalue weighted by atomic mass is 32.1. The van der Waals surface area contributed by atoms with Gasteiger partial charge in [-0.3, -0.25) is 9.69 Å². The quantitative estimate of drug-likeness (QED) is 0.547. The zero-order valence-corrected chi connectivity index (χ0v) is 17.6. The van der Waals surface area contributed by atoms with Gasteiger partial charge in [0.2, 0.25) is 5.91 Å². The molecule has 1 aromatic carbocycles. The molecule has 0 N–H and O–H groups in total. The molecule has 1 fully saturated rings. The lowest BCUT2D eigenvalue weighted by Gasteiger charge is -2.35. The lowest BCUT2D eigenvalue weighted by atomic mass is 10.1. The van der Waals surface area contributed by atoms with Crippen molar-refractivity contribution in [1.29, 1.82) is 0 Å². The first-order chi connectivity index (χ1) is 14.7. The van der Waals surface area contributed by atoms with Gasteiger partial charge in [-0.2, -0.15) is 11.3 Å². The van der Waals surface area contributed by atoms with Crippen LogP contribution in [-0.2, 0) is 4.79 Å². The van der Waals surface area contributed by atoms with Crippen LogP contribution >= 0.6 is 11.3 Å². The van der Waals surface area contributed by atoms with E-state index in [2.05, 4.69) is 26.3 Å². The molecule has 1 atom stereocenters. The van der Waals surface area contributed by atoms with Crippen LogP contribution in [0.5, 0.6) is 5.75 Å². The van der Waals surface area contributed by atoms with Crippen LogP contribution in [0.15, 0.2) is 65.6 Å². The predicted molar refractivity (Wildman–Crippen MR) is 116 cm³/mol. The number of halogens is 1. The van der Waals surface area contributed by atoms with E-state index in [-0.39, 0.29) is 17.8 Å². The highest BCUT2D eigenvalue weighted by molar-refractivity contribution is 7.08. The molecule has 3 aromatic rings. The average molecular weight is 428 g/mol. The molecule has 1 unspecified atom stereocenters. The van der Waals surface area contributed by atoms with E-state index >= 15 is 0 Å². The van der Waals surface area contributed by atoms with Gasteiger partial charge in [-0.1, -0.05) is 0 Å². The van der Waals surface area contributed by atoms with Crippen LogP contribution in [0.3, 0.4) is 0 Å². The maximum absolute atomic E-state index is 13.0. The SMILES string of the molecule is O=C(CC(c1ccsc1)n1cccc1)N1CCN(CCOc2ccc(F)cc2)CC1. The normalized spacial score (nSPS) is 15.8. The van der Waals surface area contributed by atoms with Crippen molar-refractivity contribution in [3.63, 3.8) is 0 Å². The Balaban J connectivity index is 1.24. The number of carbonyl (C=O) groups is 1. The van der Waals surface area contributed by atoms with Gasteiger partial charge < -0.3 is 14.2 Å². The molecule has 0 aliphatic carbocycles. The molecule has 1 aliphatic heterocycles. The zero-order chi connectivity index (χ0) is 20.8. The Kier molecular flexibility index (Phi) is 6.81. The molecule has 30 heavy (non-hydrogen) atoms. The van der Waals surface area contributed by atoms with Gasteiger partial charge in [-0.25, -0.2) is 4.39 Å². The molecule has 4 rings (SSSR count). The van der Waals surface area contributed by atoms with Crippen molar-refractivity contribution < 1.29 is 13.9 Å². The van der Waals surface area contributed by atoms with Gasteiger partial charge in [0.25, 0.3) is 0 Å². The van der Waals surface area contributed by atoms with E-state index < -0.39 is 0 Å². The van der Waals surface area contributed by atoms with Crippen molar-refractivity contribution in [1.82, 2.24) is 14.4 Å². The summed E-state index contributed by atoms with van der Waals surface area (Å²) >= 11 is 1.66. The van der Waals surface area contributed by atoms with Crippen LogP contribution in [-0.4, -0.2) is 59.6 Å². The number of nitrogens with zero attached hydrogens (tertiary/aromatic N) is 3. The Labute approximate surface area is 180 Å². The Bertz CT molecular complexity index is 870. The summed E-state index contributed by atoms with van der Waals surface area (Å²) in [6.45, 7) is 4.49. The van der Waals surface area contributed by atoms with E-state index in [9.17, 15) is 9.18 Å². The van der Waals surface area contributed by atoms with Crippen LogP contribution < -0.4 is 4.74 Å². The molecule has 7 heteroatoms.